The third-order valence-corrected chi connectivity index (χ3v) is 4.89. The third-order valence-electron chi connectivity index (χ3n) is 4.34. The zero-order chi connectivity index (χ0) is 20.3. The number of carbonyl (C=O) groups is 1. The normalized spacial score (nSPS) is 11.0. The van der Waals surface area contributed by atoms with Gasteiger partial charge in [-0.1, -0.05) is 12.1 Å². The fourth-order valence-electron chi connectivity index (χ4n) is 2.88. The molecule has 0 radical (unpaired) electrons. The van der Waals surface area contributed by atoms with Gasteiger partial charge in [0, 0.05) is 27.2 Å². The number of aryl methyl sites for hydroxylation is 1. The van der Waals surface area contributed by atoms with E-state index in [0.29, 0.717) is 40.8 Å². The number of aromatic nitrogens is 4. The number of nitrogens with one attached hydrogen (secondary N) is 1. The second kappa shape index (κ2) is 8.51. The van der Waals surface area contributed by atoms with Gasteiger partial charge in [0.05, 0.1) is 5.69 Å². The van der Waals surface area contributed by atoms with Gasteiger partial charge in [0.15, 0.2) is 5.65 Å². The van der Waals surface area contributed by atoms with Gasteiger partial charge in [0.1, 0.15) is 28.7 Å². The average molecular weight is 451 g/mol. The number of hydrogen-bond donors (Lipinski definition) is 1. The molecular weight excluding hydrogens is 431 g/mol. The molecule has 1 N–H and O–H groups in total. The maximum absolute atomic E-state index is 13.7. The Kier molecular flexibility index (Phi) is 6.08. The molecule has 3 aromatic rings. The fourth-order valence-corrected chi connectivity index (χ4v) is 3.47. The van der Waals surface area contributed by atoms with Gasteiger partial charge in [-0.25, -0.2) is 14.1 Å². The molecule has 0 saturated carbocycles. The van der Waals surface area contributed by atoms with Crippen molar-refractivity contribution in [2.75, 3.05) is 25.0 Å². The van der Waals surface area contributed by atoms with Crippen LogP contribution >= 0.6 is 15.9 Å². The second-order valence-electron chi connectivity index (χ2n) is 6.37. The first-order valence-corrected chi connectivity index (χ1v) is 9.47. The zero-order valence-corrected chi connectivity index (χ0v) is 17.1. The topological polar surface area (TPSA) is 85.1 Å². The van der Waals surface area contributed by atoms with E-state index < -0.39 is 0 Å². The zero-order valence-electron chi connectivity index (χ0n) is 15.5. The van der Waals surface area contributed by atoms with Gasteiger partial charge in [0.25, 0.3) is 5.56 Å². The van der Waals surface area contributed by atoms with E-state index in [1.54, 1.807) is 37.2 Å². The standard InChI is InChI=1S/C18H20BrFN6O2/c1-24(13-7-4-3-6-12(13)20)9-5-8-21-14(27)10-26-11-22-17-15(18(26)28)16(19)23-25(17)2/h3-4,6-7,11H,5,8-10H2,1-2H3,(H,21,27). The van der Waals surface area contributed by atoms with E-state index in [9.17, 15) is 14.0 Å². The van der Waals surface area contributed by atoms with Gasteiger partial charge in [-0.3, -0.25) is 14.2 Å². The van der Waals surface area contributed by atoms with Crippen LogP contribution in [0.2, 0.25) is 0 Å². The third kappa shape index (κ3) is 4.22. The van der Waals surface area contributed by atoms with E-state index in [1.807, 2.05) is 0 Å². The Morgan fingerprint density at radius 2 is 2.11 bits per heavy atom. The molecule has 3 rings (SSSR count). The van der Waals surface area contributed by atoms with E-state index in [2.05, 4.69) is 31.3 Å². The SMILES string of the molecule is CN(CCCNC(=O)Cn1cnc2c(c(Br)nn2C)c1=O)c1ccccc1F. The molecule has 0 saturated heterocycles. The molecule has 0 spiro atoms. The molecule has 1 aromatic carbocycles. The Morgan fingerprint density at radius 1 is 1.36 bits per heavy atom. The predicted molar refractivity (Wildman–Crippen MR) is 108 cm³/mol. The Bertz CT molecular complexity index is 1060. The van der Waals surface area contributed by atoms with Crippen molar-refractivity contribution >= 4 is 38.6 Å². The Morgan fingerprint density at radius 3 is 2.86 bits per heavy atom. The quantitative estimate of drug-likeness (QED) is 0.553. The average Bonchev–Trinajstić information content (AvgIpc) is 2.95. The molecule has 2 heterocycles. The van der Waals surface area contributed by atoms with E-state index >= 15 is 0 Å². The number of benzene rings is 1. The van der Waals surface area contributed by atoms with Crippen LogP contribution in [0.25, 0.3) is 11.0 Å². The van der Waals surface area contributed by atoms with Crippen molar-refractivity contribution in [3.63, 3.8) is 0 Å². The summed E-state index contributed by atoms with van der Waals surface area (Å²) in [6.45, 7) is 0.863. The molecule has 0 bridgehead atoms. The van der Waals surface area contributed by atoms with Crippen LogP contribution in [0.15, 0.2) is 40.0 Å². The molecule has 148 valence electrons. The summed E-state index contributed by atoms with van der Waals surface area (Å²) in [5, 5.41) is 7.21. The monoisotopic (exact) mass is 450 g/mol. The minimum Gasteiger partial charge on any atom is -0.372 e. The maximum Gasteiger partial charge on any atom is 0.266 e. The number of amides is 1. The summed E-state index contributed by atoms with van der Waals surface area (Å²) < 4.78 is 16.9. The minimum atomic E-state index is -0.334. The lowest BCUT2D eigenvalue weighted by Gasteiger charge is -2.19. The van der Waals surface area contributed by atoms with Gasteiger partial charge >= 0.3 is 0 Å². The summed E-state index contributed by atoms with van der Waals surface area (Å²) >= 11 is 3.24. The van der Waals surface area contributed by atoms with Crippen molar-refractivity contribution in [1.29, 1.82) is 0 Å². The van der Waals surface area contributed by atoms with Crippen molar-refractivity contribution in [3.8, 4) is 0 Å². The van der Waals surface area contributed by atoms with Crippen molar-refractivity contribution in [3.05, 3.63) is 51.4 Å². The highest BCUT2D eigenvalue weighted by Crippen LogP contribution is 2.17. The van der Waals surface area contributed by atoms with Crippen LogP contribution in [0.1, 0.15) is 6.42 Å². The first kappa shape index (κ1) is 20.0. The first-order chi connectivity index (χ1) is 13.4. The summed E-state index contributed by atoms with van der Waals surface area (Å²) in [7, 11) is 3.49. The van der Waals surface area contributed by atoms with Crippen LogP contribution in [-0.2, 0) is 18.4 Å². The Hall–Kier alpha value is -2.75. The van der Waals surface area contributed by atoms with Crippen molar-refractivity contribution in [2.45, 2.75) is 13.0 Å². The van der Waals surface area contributed by atoms with Crippen LogP contribution in [-0.4, -0.2) is 45.4 Å². The molecule has 0 aliphatic carbocycles. The molecule has 28 heavy (non-hydrogen) atoms. The number of hydrogen-bond acceptors (Lipinski definition) is 5. The lowest BCUT2D eigenvalue weighted by Crippen LogP contribution is -2.34. The summed E-state index contributed by atoms with van der Waals surface area (Å²) in [4.78, 5) is 30.7. The summed E-state index contributed by atoms with van der Waals surface area (Å²) in [5.41, 5.74) is 0.630. The number of fused-ring (bicyclic) bond motifs is 1. The molecule has 0 unspecified atom stereocenters. The second-order valence-corrected chi connectivity index (χ2v) is 7.12. The van der Waals surface area contributed by atoms with Gasteiger partial charge in [-0.15, -0.1) is 0 Å². The first-order valence-electron chi connectivity index (χ1n) is 8.68. The van der Waals surface area contributed by atoms with Gasteiger partial charge in [-0.05, 0) is 34.5 Å². The van der Waals surface area contributed by atoms with Crippen LogP contribution in [0.4, 0.5) is 10.1 Å². The number of nitrogens with zero attached hydrogens (tertiary/aromatic N) is 5. The van der Waals surface area contributed by atoms with Gasteiger partial charge in [0.2, 0.25) is 5.91 Å². The fraction of sp³-hybridized carbons (Fsp3) is 0.333. The molecule has 0 aliphatic rings. The van der Waals surface area contributed by atoms with Crippen molar-refractivity contribution < 1.29 is 9.18 Å². The predicted octanol–water partition coefficient (Wildman–Crippen LogP) is 1.67. The summed E-state index contributed by atoms with van der Waals surface area (Å²) in [5.74, 6) is -0.574. The highest BCUT2D eigenvalue weighted by molar-refractivity contribution is 9.10. The van der Waals surface area contributed by atoms with Crippen LogP contribution in [0, 0.1) is 5.82 Å². The Balaban J connectivity index is 1.53. The Labute approximate surface area is 169 Å². The van der Waals surface area contributed by atoms with Crippen LogP contribution in [0.5, 0.6) is 0 Å². The van der Waals surface area contributed by atoms with E-state index in [1.165, 1.54) is 21.6 Å². The van der Waals surface area contributed by atoms with Gasteiger partial charge < -0.3 is 10.2 Å². The molecule has 0 atom stereocenters. The van der Waals surface area contributed by atoms with Crippen molar-refractivity contribution in [1.82, 2.24) is 24.6 Å². The summed E-state index contributed by atoms with van der Waals surface area (Å²) in [6.07, 6.45) is 1.97. The molecule has 8 nitrogen and oxygen atoms in total. The maximum atomic E-state index is 13.7. The minimum absolute atomic E-state index is 0.133. The largest absolute Gasteiger partial charge is 0.372 e. The molecule has 10 heteroatoms. The summed E-state index contributed by atoms with van der Waals surface area (Å²) in [6, 6.07) is 6.54. The van der Waals surface area contributed by atoms with Crippen LogP contribution in [0.3, 0.4) is 0 Å². The number of para-hydroxylation sites is 1. The van der Waals surface area contributed by atoms with Gasteiger partial charge in [-0.2, -0.15) is 5.10 Å². The van der Waals surface area contributed by atoms with Crippen LogP contribution < -0.4 is 15.8 Å². The lowest BCUT2D eigenvalue weighted by molar-refractivity contribution is -0.121. The molecule has 0 aliphatic heterocycles. The number of anilines is 1. The highest BCUT2D eigenvalue weighted by Gasteiger charge is 2.15. The lowest BCUT2D eigenvalue weighted by atomic mass is 10.2. The number of carbonyl (C=O) groups excluding carboxylic acids is 1. The van der Waals surface area contributed by atoms with Crippen molar-refractivity contribution in [2.24, 2.45) is 7.05 Å². The number of rotatable bonds is 7. The number of halogens is 2. The van der Waals surface area contributed by atoms with E-state index in [0.717, 1.165) is 0 Å². The highest BCUT2D eigenvalue weighted by atomic mass is 79.9. The molecular formula is C18H20BrFN6O2. The molecule has 2 aromatic heterocycles. The smallest absolute Gasteiger partial charge is 0.266 e. The molecule has 1 amide bonds. The van der Waals surface area contributed by atoms with E-state index in [4.69, 9.17) is 0 Å². The molecule has 0 fully saturated rings. The van der Waals surface area contributed by atoms with E-state index in [-0.39, 0.29) is 23.8 Å².